The van der Waals surface area contributed by atoms with Crippen LogP contribution in [0.1, 0.15) is 13.2 Å². The van der Waals surface area contributed by atoms with E-state index in [1.54, 1.807) is 0 Å². The lowest BCUT2D eigenvalue weighted by Crippen LogP contribution is -2.50. The third kappa shape index (κ3) is 5.74. The van der Waals surface area contributed by atoms with Gasteiger partial charge in [0.05, 0.1) is 0 Å². The summed E-state index contributed by atoms with van der Waals surface area (Å²) in [6.45, 7) is 0.456. The van der Waals surface area contributed by atoms with Gasteiger partial charge in [-0.2, -0.15) is 0 Å². The number of aliphatic hydroxyl groups is 1. The van der Waals surface area contributed by atoms with Crippen LogP contribution in [0.4, 0.5) is 0 Å². The second-order valence-corrected chi connectivity index (χ2v) is 10.8. The van der Waals surface area contributed by atoms with Crippen LogP contribution < -0.4 is 11.2 Å². The first-order valence-corrected chi connectivity index (χ1v) is 10.0. The summed E-state index contributed by atoms with van der Waals surface area (Å²) < 4.78 is 11.3. The van der Waals surface area contributed by atoms with E-state index in [9.17, 15) is 24.3 Å². The Morgan fingerprint density at radius 1 is 1.20 bits per heavy atom. The van der Waals surface area contributed by atoms with Crippen LogP contribution in [0, 0.1) is 0 Å². The highest BCUT2D eigenvalue weighted by atomic mass is 35.6. The standard InChI is InChI=1S/C14H12Cl6N2O8/c1-12(27)7(30-10(25)14(18,19)20)5(4-28-9(24)13(15,16)17)29-8(12)22-3-2-6(23)21-11(22)26/h2-3,5,7-8,27H,4H2,1H3,(H,21,23,26)/t5?,7?,8?,12-/m0/s1. The van der Waals surface area contributed by atoms with Crippen molar-refractivity contribution in [1.82, 2.24) is 9.55 Å². The van der Waals surface area contributed by atoms with Crippen LogP contribution in [-0.2, 0) is 23.8 Å². The monoisotopic (exact) mass is 546 g/mol. The smallest absolute Gasteiger partial charge is 0.359 e. The van der Waals surface area contributed by atoms with Gasteiger partial charge in [-0.3, -0.25) is 14.3 Å². The lowest BCUT2D eigenvalue weighted by atomic mass is 9.96. The fourth-order valence-electron chi connectivity index (χ4n) is 2.59. The van der Waals surface area contributed by atoms with Gasteiger partial charge in [-0.25, -0.2) is 14.4 Å². The van der Waals surface area contributed by atoms with Crippen molar-refractivity contribution in [2.45, 2.75) is 38.5 Å². The van der Waals surface area contributed by atoms with Gasteiger partial charge in [0.2, 0.25) is 0 Å². The summed E-state index contributed by atoms with van der Waals surface area (Å²) >= 11 is 32.7. The maximum Gasteiger partial charge on any atom is 0.359 e. The molecule has 1 fully saturated rings. The van der Waals surface area contributed by atoms with Crippen molar-refractivity contribution in [1.29, 1.82) is 0 Å². The largest absolute Gasteiger partial charge is 0.460 e. The summed E-state index contributed by atoms with van der Waals surface area (Å²) in [6, 6.07) is 0.985. The number of ether oxygens (including phenoxy) is 3. The summed E-state index contributed by atoms with van der Waals surface area (Å²) in [5.41, 5.74) is -3.79. The molecule has 2 heterocycles. The Hall–Kier alpha value is -0.720. The number of H-pyrrole nitrogens is 1. The number of hydrogen-bond acceptors (Lipinski definition) is 8. The van der Waals surface area contributed by atoms with Crippen molar-refractivity contribution in [2.24, 2.45) is 0 Å². The molecule has 1 saturated heterocycles. The first-order valence-electron chi connectivity index (χ1n) is 7.76. The molecule has 30 heavy (non-hydrogen) atoms. The Morgan fingerprint density at radius 3 is 2.27 bits per heavy atom. The lowest BCUT2D eigenvalue weighted by Gasteiger charge is -2.30. The van der Waals surface area contributed by atoms with E-state index in [-0.39, 0.29) is 0 Å². The molecule has 16 heteroatoms. The van der Waals surface area contributed by atoms with Crippen LogP contribution in [0.5, 0.6) is 0 Å². The Bertz CT molecular complexity index is 934. The van der Waals surface area contributed by atoms with Crippen LogP contribution in [0.3, 0.4) is 0 Å². The number of esters is 2. The van der Waals surface area contributed by atoms with Gasteiger partial charge >= 0.3 is 17.6 Å². The van der Waals surface area contributed by atoms with Crippen LogP contribution in [0.15, 0.2) is 21.9 Å². The van der Waals surface area contributed by atoms with E-state index in [1.807, 2.05) is 4.98 Å². The van der Waals surface area contributed by atoms with Gasteiger partial charge in [0, 0.05) is 12.3 Å². The zero-order valence-corrected chi connectivity index (χ0v) is 19.1. The molecule has 1 aromatic heterocycles. The Labute approximate surface area is 197 Å². The molecule has 2 rings (SSSR count). The molecular weight excluding hydrogens is 537 g/mol. The third-order valence-corrected chi connectivity index (χ3v) is 4.82. The summed E-state index contributed by atoms with van der Waals surface area (Å²) in [5, 5.41) is 11.0. The fraction of sp³-hybridized carbons (Fsp3) is 0.571. The van der Waals surface area contributed by atoms with Crippen molar-refractivity contribution in [3.8, 4) is 0 Å². The number of nitrogens with zero attached hydrogens (tertiary/aromatic N) is 1. The number of hydrogen-bond donors (Lipinski definition) is 2. The highest BCUT2D eigenvalue weighted by Gasteiger charge is 2.58. The van der Waals surface area contributed by atoms with E-state index in [4.69, 9.17) is 83.8 Å². The SMILES string of the molecule is C[C@]1(O)C(OC(=O)C(Cl)(Cl)Cl)C(COC(=O)C(Cl)(Cl)Cl)OC1n1ccc(=O)[nH]c1=O. The molecule has 0 aliphatic carbocycles. The molecule has 4 atom stereocenters. The van der Waals surface area contributed by atoms with Crippen molar-refractivity contribution >= 4 is 81.5 Å². The second-order valence-electron chi connectivity index (χ2n) is 6.19. The predicted octanol–water partition coefficient (Wildman–Crippen LogP) is 1.38. The van der Waals surface area contributed by atoms with Gasteiger partial charge in [0.25, 0.3) is 13.1 Å². The second kappa shape index (κ2) is 9.03. The van der Waals surface area contributed by atoms with Crippen LogP contribution in [0.2, 0.25) is 0 Å². The topological polar surface area (TPSA) is 137 Å². The molecular formula is C14H12Cl6N2O8. The Morgan fingerprint density at radius 2 is 1.77 bits per heavy atom. The highest BCUT2D eigenvalue weighted by molar-refractivity contribution is 6.76. The molecule has 0 spiro atoms. The summed E-state index contributed by atoms with van der Waals surface area (Å²) in [5.74, 6) is -2.67. The van der Waals surface area contributed by atoms with E-state index in [0.717, 1.165) is 23.8 Å². The van der Waals surface area contributed by atoms with Crippen molar-refractivity contribution in [2.75, 3.05) is 6.61 Å². The lowest BCUT2D eigenvalue weighted by molar-refractivity contribution is -0.164. The molecule has 0 aromatic carbocycles. The molecule has 0 bridgehead atoms. The zero-order valence-electron chi connectivity index (χ0n) is 14.6. The number of alkyl halides is 6. The third-order valence-electron chi connectivity index (χ3n) is 3.90. The fourth-order valence-corrected chi connectivity index (χ4v) is 2.89. The molecule has 168 valence electrons. The average molecular weight is 549 g/mol. The van der Waals surface area contributed by atoms with Gasteiger partial charge in [0.1, 0.15) is 18.3 Å². The van der Waals surface area contributed by atoms with Crippen molar-refractivity contribution < 1.29 is 28.9 Å². The van der Waals surface area contributed by atoms with E-state index in [1.165, 1.54) is 0 Å². The number of halogens is 6. The maximum atomic E-state index is 12.1. The van der Waals surface area contributed by atoms with Gasteiger partial charge in [0.15, 0.2) is 12.3 Å². The predicted molar refractivity (Wildman–Crippen MR) is 107 cm³/mol. The van der Waals surface area contributed by atoms with Crippen molar-refractivity contribution in [3.63, 3.8) is 0 Å². The van der Waals surface area contributed by atoms with Gasteiger partial charge in [-0.15, -0.1) is 0 Å². The molecule has 0 radical (unpaired) electrons. The minimum absolute atomic E-state index is 0.685. The summed E-state index contributed by atoms with van der Waals surface area (Å²) in [6.07, 6.45) is -3.50. The summed E-state index contributed by atoms with van der Waals surface area (Å²) in [4.78, 5) is 49.1. The van der Waals surface area contributed by atoms with Gasteiger partial charge in [-0.1, -0.05) is 69.6 Å². The van der Waals surface area contributed by atoms with Gasteiger partial charge < -0.3 is 19.3 Å². The molecule has 0 amide bonds. The van der Waals surface area contributed by atoms with E-state index >= 15 is 0 Å². The maximum absolute atomic E-state index is 12.1. The number of aromatic nitrogens is 2. The quantitative estimate of drug-likeness (QED) is 0.425. The Balaban J connectivity index is 2.39. The van der Waals surface area contributed by atoms with Gasteiger partial charge in [-0.05, 0) is 6.92 Å². The molecule has 2 N–H and O–H groups in total. The van der Waals surface area contributed by atoms with Crippen LogP contribution in [0.25, 0.3) is 0 Å². The molecule has 1 aliphatic heterocycles. The van der Waals surface area contributed by atoms with Crippen molar-refractivity contribution in [3.05, 3.63) is 33.1 Å². The van der Waals surface area contributed by atoms with E-state index < -0.39 is 61.4 Å². The number of carbonyl (C=O) groups excluding carboxylic acids is 2. The molecule has 1 aromatic rings. The average Bonchev–Trinajstić information content (AvgIpc) is 2.82. The summed E-state index contributed by atoms with van der Waals surface area (Å²) in [7, 11) is 0. The number of rotatable bonds is 4. The van der Waals surface area contributed by atoms with E-state index in [0.29, 0.717) is 0 Å². The minimum atomic E-state index is -2.51. The molecule has 3 unspecified atom stereocenters. The Kier molecular flexibility index (Phi) is 7.69. The molecule has 0 saturated carbocycles. The zero-order chi connectivity index (χ0) is 23.1. The normalized spacial score (nSPS) is 27.0. The number of nitrogens with one attached hydrogen (secondary N) is 1. The van der Waals surface area contributed by atoms with Crippen LogP contribution >= 0.6 is 69.6 Å². The molecule has 1 aliphatic rings. The number of carbonyl (C=O) groups is 2. The number of aromatic amines is 1. The van der Waals surface area contributed by atoms with E-state index in [2.05, 4.69) is 0 Å². The minimum Gasteiger partial charge on any atom is -0.460 e. The highest BCUT2D eigenvalue weighted by Crippen LogP contribution is 2.41. The first kappa shape index (κ1) is 25.5. The first-order chi connectivity index (χ1) is 13.5. The van der Waals surface area contributed by atoms with Crippen LogP contribution in [-0.4, -0.2) is 58.6 Å². The molecule has 10 nitrogen and oxygen atoms in total.